The molecular weight excluding hydrogens is 558 g/mol. The fraction of sp³-hybridized carbons (Fsp3) is 0.750. The van der Waals surface area contributed by atoms with Gasteiger partial charge in [-0.15, -0.1) is 0 Å². The lowest BCUT2D eigenvalue weighted by molar-refractivity contribution is -0.122. The zero-order chi connectivity index (χ0) is 31.9. The third-order valence-electron chi connectivity index (χ3n) is 7.46. The molecule has 0 aliphatic rings. The number of hydrogen-bond acceptors (Lipinski definition) is 4. The molecule has 43 heavy (non-hydrogen) atoms. The highest BCUT2D eigenvalue weighted by atomic mass is 32.2. The number of nitrogens with one attached hydrogen (secondary N) is 1. The number of unbranched alkanes of at least 4 members (excludes halogenated alkanes) is 16. The highest BCUT2D eigenvalue weighted by Crippen LogP contribution is 2.12. The van der Waals surface area contributed by atoms with Gasteiger partial charge in [0.05, 0.1) is 17.9 Å². The molecule has 7 heteroatoms. The number of aliphatic hydroxyl groups is 1. The van der Waals surface area contributed by atoms with Crippen LogP contribution in [-0.4, -0.2) is 41.9 Å². The molecule has 0 rings (SSSR count). The van der Waals surface area contributed by atoms with Crippen LogP contribution in [0.5, 0.6) is 0 Å². The van der Waals surface area contributed by atoms with Crippen molar-refractivity contribution in [1.82, 2.24) is 5.32 Å². The first-order valence-electron chi connectivity index (χ1n) is 17.3. The SMILES string of the molecule is CCC/C=C\C/C=C\CCCCCCCC(=O)NC(CS(=O)(=O)O)C(O)/C=C/CC/C=C/CCCCCCCCCCC. The Hall–Kier alpha value is -1.70. The summed E-state index contributed by atoms with van der Waals surface area (Å²) in [5.41, 5.74) is 0. The van der Waals surface area contributed by atoms with E-state index in [1.165, 1.54) is 70.3 Å². The number of aliphatic hydroxyl groups excluding tert-OH is 1. The number of allylic oxidation sites excluding steroid dienone is 7. The zero-order valence-electron chi connectivity index (χ0n) is 27.6. The van der Waals surface area contributed by atoms with Crippen LogP contribution in [0, 0.1) is 0 Å². The number of hydrogen-bond donors (Lipinski definition) is 3. The van der Waals surface area contributed by atoms with E-state index in [2.05, 4.69) is 55.6 Å². The van der Waals surface area contributed by atoms with Crippen LogP contribution in [0.3, 0.4) is 0 Å². The third kappa shape index (κ3) is 31.5. The van der Waals surface area contributed by atoms with Crippen LogP contribution in [0.1, 0.15) is 155 Å². The monoisotopic (exact) mass is 623 g/mol. The standard InChI is InChI=1S/C36H65NO5S/c1-3-5-7-9-11-13-15-17-18-20-21-23-25-27-29-31-35(38)34(33-43(40,41)42)37-36(39)32-30-28-26-24-22-19-16-14-12-10-8-6-4-2/h8,10,14,16,21,23,29,31,34-35,38H,3-7,9,11-13,15,17-20,22,24-28,30,32-33H2,1-2H3,(H,37,39)(H,40,41,42)/b10-8-,16-14-,23-21+,31-29+. The molecule has 0 bridgehead atoms. The minimum Gasteiger partial charge on any atom is -0.387 e. The second-order valence-corrected chi connectivity index (χ2v) is 13.3. The minimum absolute atomic E-state index is 0.270. The van der Waals surface area contributed by atoms with Crippen molar-refractivity contribution in [1.29, 1.82) is 0 Å². The Morgan fingerprint density at radius 1 is 0.628 bits per heavy atom. The van der Waals surface area contributed by atoms with Gasteiger partial charge in [-0.2, -0.15) is 8.42 Å². The molecule has 0 heterocycles. The van der Waals surface area contributed by atoms with Crippen LogP contribution in [0.4, 0.5) is 0 Å². The molecular formula is C36H65NO5S. The van der Waals surface area contributed by atoms with Gasteiger partial charge in [-0.25, -0.2) is 0 Å². The van der Waals surface area contributed by atoms with E-state index in [-0.39, 0.29) is 12.3 Å². The molecule has 0 spiro atoms. The van der Waals surface area contributed by atoms with E-state index >= 15 is 0 Å². The van der Waals surface area contributed by atoms with Crippen molar-refractivity contribution in [3.8, 4) is 0 Å². The molecule has 0 fully saturated rings. The molecule has 0 saturated carbocycles. The predicted molar refractivity (Wildman–Crippen MR) is 184 cm³/mol. The van der Waals surface area contributed by atoms with E-state index in [0.717, 1.165) is 57.8 Å². The summed E-state index contributed by atoms with van der Waals surface area (Å²) in [4.78, 5) is 12.4. The van der Waals surface area contributed by atoms with Crippen LogP contribution >= 0.6 is 0 Å². The summed E-state index contributed by atoms with van der Waals surface area (Å²) in [7, 11) is -4.35. The van der Waals surface area contributed by atoms with Crippen molar-refractivity contribution in [3.63, 3.8) is 0 Å². The number of amides is 1. The van der Waals surface area contributed by atoms with Gasteiger partial charge < -0.3 is 10.4 Å². The summed E-state index contributed by atoms with van der Waals surface area (Å²) in [6.07, 6.45) is 39.5. The third-order valence-corrected chi connectivity index (χ3v) is 8.24. The molecule has 0 aliphatic heterocycles. The second kappa shape index (κ2) is 30.3. The highest BCUT2D eigenvalue weighted by Gasteiger charge is 2.24. The molecule has 1 amide bonds. The lowest BCUT2D eigenvalue weighted by atomic mass is 10.1. The molecule has 3 N–H and O–H groups in total. The van der Waals surface area contributed by atoms with Gasteiger partial charge in [-0.05, 0) is 57.8 Å². The molecule has 0 saturated heterocycles. The molecule has 6 nitrogen and oxygen atoms in total. The van der Waals surface area contributed by atoms with E-state index < -0.39 is 28.0 Å². The maximum Gasteiger partial charge on any atom is 0.267 e. The average molecular weight is 624 g/mol. The van der Waals surface area contributed by atoms with E-state index in [1.807, 2.05) is 0 Å². The quantitative estimate of drug-likeness (QED) is 0.0420. The van der Waals surface area contributed by atoms with Crippen LogP contribution in [0.2, 0.25) is 0 Å². The average Bonchev–Trinajstić information content (AvgIpc) is 2.96. The van der Waals surface area contributed by atoms with Crippen LogP contribution < -0.4 is 5.32 Å². The smallest absolute Gasteiger partial charge is 0.267 e. The molecule has 2 unspecified atom stereocenters. The Morgan fingerprint density at radius 2 is 1.12 bits per heavy atom. The maximum absolute atomic E-state index is 12.4. The van der Waals surface area contributed by atoms with Gasteiger partial charge in [0.2, 0.25) is 5.91 Å². The lowest BCUT2D eigenvalue weighted by Crippen LogP contribution is -2.46. The topological polar surface area (TPSA) is 104 Å². The molecule has 0 aromatic heterocycles. The fourth-order valence-corrected chi connectivity index (χ4v) is 5.59. The van der Waals surface area contributed by atoms with Crippen molar-refractivity contribution >= 4 is 16.0 Å². The first-order chi connectivity index (χ1) is 20.8. The molecule has 0 aromatic carbocycles. The molecule has 0 aromatic rings. The summed E-state index contributed by atoms with van der Waals surface area (Å²) in [5, 5.41) is 13.1. The number of carbonyl (C=O) groups is 1. The first kappa shape index (κ1) is 41.3. The Bertz CT molecular complexity index is 863. The number of carbonyl (C=O) groups excluding carboxylic acids is 1. The second-order valence-electron chi connectivity index (χ2n) is 11.8. The van der Waals surface area contributed by atoms with Gasteiger partial charge in [0, 0.05) is 6.42 Å². The molecule has 250 valence electrons. The molecule has 0 aliphatic carbocycles. The zero-order valence-corrected chi connectivity index (χ0v) is 28.4. The van der Waals surface area contributed by atoms with E-state index in [9.17, 15) is 22.9 Å². The van der Waals surface area contributed by atoms with Gasteiger partial charge in [0.25, 0.3) is 10.1 Å². The van der Waals surface area contributed by atoms with E-state index in [4.69, 9.17) is 0 Å². The van der Waals surface area contributed by atoms with Crippen molar-refractivity contribution in [2.45, 2.75) is 167 Å². The summed E-state index contributed by atoms with van der Waals surface area (Å²) in [6, 6.07) is -1.08. The largest absolute Gasteiger partial charge is 0.387 e. The Kier molecular flexibility index (Phi) is 29.1. The van der Waals surface area contributed by atoms with E-state index in [0.29, 0.717) is 12.8 Å². The van der Waals surface area contributed by atoms with Crippen molar-refractivity contribution < 1.29 is 22.9 Å². The normalized spacial score (nSPS) is 14.0. The van der Waals surface area contributed by atoms with Gasteiger partial charge in [-0.1, -0.05) is 140 Å². The molecule has 0 radical (unpaired) electrons. The summed E-state index contributed by atoms with van der Waals surface area (Å²) in [5.74, 6) is -1.02. The van der Waals surface area contributed by atoms with Crippen LogP contribution in [0.25, 0.3) is 0 Å². The van der Waals surface area contributed by atoms with Gasteiger partial charge in [0.15, 0.2) is 0 Å². The first-order valence-corrected chi connectivity index (χ1v) is 18.9. The fourth-order valence-electron chi connectivity index (χ4n) is 4.85. The maximum atomic E-state index is 12.4. The van der Waals surface area contributed by atoms with Gasteiger partial charge in [0.1, 0.15) is 0 Å². The van der Waals surface area contributed by atoms with Crippen molar-refractivity contribution in [2.24, 2.45) is 0 Å². The van der Waals surface area contributed by atoms with Gasteiger partial charge in [-0.3, -0.25) is 9.35 Å². The Labute approximate surface area is 265 Å². The molecule has 2 atom stereocenters. The Balaban J connectivity index is 4.11. The predicted octanol–water partition coefficient (Wildman–Crippen LogP) is 9.57. The Morgan fingerprint density at radius 3 is 1.70 bits per heavy atom. The van der Waals surface area contributed by atoms with Crippen LogP contribution in [-0.2, 0) is 14.9 Å². The summed E-state index contributed by atoms with van der Waals surface area (Å²) < 4.78 is 32.3. The highest BCUT2D eigenvalue weighted by molar-refractivity contribution is 7.85. The van der Waals surface area contributed by atoms with Gasteiger partial charge >= 0.3 is 0 Å². The van der Waals surface area contributed by atoms with Crippen molar-refractivity contribution in [3.05, 3.63) is 48.6 Å². The summed E-state index contributed by atoms with van der Waals surface area (Å²) >= 11 is 0. The minimum atomic E-state index is -4.35. The lowest BCUT2D eigenvalue weighted by Gasteiger charge is -2.21. The van der Waals surface area contributed by atoms with E-state index in [1.54, 1.807) is 6.08 Å². The van der Waals surface area contributed by atoms with Crippen molar-refractivity contribution in [2.75, 3.05) is 5.75 Å². The van der Waals surface area contributed by atoms with Crippen LogP contribution in [0.15, 0.2) is 48.6 Å². The summed E-state index contributed by atoms with van der Waals surface area (Å²) in [6.45, 7) is 4.42. The number of rotatable bonds is 30.